The summed E-state index contributed by atoms with van der Waals surface area (Å²) in [4.78, 5) is 12.1. The number of rotatable bonds is 6. The molecule has 0 aliphatic carbocycles. The molecule has 1 amide bonds. The molecule has 0 atom stereocenters. The normalized spacial score (nSPS) is 16.6. The number of nitrogens with one attached hydrogen (secondary N) is 1. The summed E-state index contributed by atoms with van der Waals surface area (Å²) in [5.74, 6) is 0.198. The molecule has 6 nitrogen and oxygen atoms in total. The van der Waals surface area contributed by atoms with Crippen molar-refractivity contribution in [3.8, 4) is 5.75 Å². The van der Waals surface area contributed by atoms with E-state index in [0.29, 0.717) is 38.2 Å². The fourth-order valence-corrected chi connectivity index (χ4v) is 4.45. The standard InChI is InChI=1S/C16H21ClN2O4S/c1-3-8-18-16(20)12-6-9-19(10-7-12)24(21,22)13-4-5-15(23-2)14(17)11-13/h3-5,11-12H,1,6-10H2,2H3,(H,18,20). The maximum atomic E-state index is 12.7. The molecule has 24 heavy (non-hydrogen) atoms. The van der Waals surface area contributed by atoms with Gasteiger partial charge < -0.3 is 10.1 Å². The molecule has 8 heteroatoms. The smallest absolute Gasteiger partial charge is 0.243 e. The van der Waals surface area contributed by atoms with Crippen molar-refractivity contribution >= 4 is 27.5 Å². The first-order valence-corrected chi connectivity index (χ1v) is 9.44. The van der Waals surface area contributed by atoms with Crippen molar-refractivity contribution in [2.24, 2.45) is 5.92 Å². The molecule has 1 heterocycles. The van der Waals surface area contributed by atoms with Crippen LogP contribution in [0.3, 0.4) is 0 Å². The molecular formula is C16H21ClN2O4S. The molecule has 0 bridgehead atoms. The van der Waals surface area contributed by atoms with Crippen LogP contribution < -0.4 is 10.1 Å². The van der Waals surface area contributed by atoms with Crippen LogP contribution in [-0.2, 0) is 14.8 Å². The van der Waals surface area contributed by atoms with Gasteiger partial charge in [0.25, 0.3) is 0 Å². The molecule has 1 aromatic carbocycles. The van der Waals surface area contributed by atoms with Crippen LogP contribution in [0.15, 0.2) is 35.7 Å². The Bertz CT molecular complexity index is 713. The number of piperidine rings is 1. The third-order valence-electron chi connectivity index (χ3n) is 4.01. The van der Waals surface area contributed by atoms with Crippen molar-refractivity contribution in [2.75, 3.05) is 26.7 Å². The average molecular weight is 373 g/mol. The first-order valence-electron chi connectivity index (χ1n) is 7.62. The number of carbonyl (C=O) groups is 1. The van der Waals surface area contributed by atoms with Crippen molar-refractivity contribution in [2.45, 2.75) is 17.7 Å². The number of hydrogen-bond acceptors (Lipinski definition) is 4. The lowest BCUT2D eigenvalue weighted by molar-refractivity contribution is -0.125. The molecule has 1 aliphatic heterocycles. The first kappa shape index (κ1) is 18.8. The van der Waals surface area contributed by atoms with Crippen LogP contribution in [0.1, 0.15) is 12.8 Å². The minimum Gasteiger partial charge on any atom is -0.495 e. The summed E-state index contributed by atoms with van der Waals surface area (Å²) in [5.41, 5.74) is 0. The summed E-state index contributed by atoms with van der Waals surface area (Å²) in [5, 5.41) is 3.00. The molecule has 2 rings (SSSR count). The van der Waals surface area contributed by atoms with E-state index in [4.69, 9.17) is 16.3 Å². The Kier molecular flexibility index (Phi) is 6.26. The predicted molar refractivity (Wildman–Crippen MR) is 92.7 cm³/mol. The van der Waals surface area contributed by atoms with Gasteiger partial charge in [-0.2, -0.15) is 4.31 Å². The van der Waals surface area contributed by atoms with Gasteiger partial charge in [0.1, 0.15) is 5.75 Å². The second kappa shape index (κ2) is 8.00. The Morgan fingerprint density at radius 3 is 2.67 bits per heavy atom. The molecule has 1 aromatic rings. The quantitative estimate of drug-likeness (QED) is 0.775. The second-order valence-electron chi connectivity index (χ2n) is 5.51. The van der Waals surface area contributed by atoms with Crippen LogP contribution >= 0.6 is 11.6 Å². The van der Waals surface area contributed by atoms with Crippen molar-refractivity contribution < 1.29 is 17.9 Å². The number of nitrogens with zero attached hydrogens (tertiary/aromatic N) is 1. The fourth-order valence-electron chi connectivity index (χ4n) is 2.63. The van der Waals surface area contributed by atoms with Gasteiger partial charge in [-0.25, -0.2) is 8.42 Å². The monoisotopic (exact) mass is 372 g/mol. The van der Waals surface area contributed by atoms with E-state index in [9.17, 15) is 13.2 Å². The molecule has 1 fully saturated rings. The van der Waals surface area contributed by atoms with Crippen molar-refractivity contribution in [1.29, 1.82) is 0 Å². The number of carbonyl (C=O) groups excluding carboxylic acids is 1. The molecule has 132 valence electrons. The summed E-state index contributed by atoms with van der Waals surface area (Å²) in [6.45, 7) is 4.58. The van der Waals surface area contributed by atoms with E-state index >= 15 is 0 Å². The first-order chi connectivity index (χ1) is 11.4. The van der Waals surface area contributed by atoms with E-state index < -0.39 is 10.0 Å². The number of amides is 1. The summed E-state index contributed by atoms with van der Waals surface area (Å²) < 4.78 is 31.8. The van der Waals surface area contributed by atoms with Crippen molar-refractivity contribution in [1.82, 2.24) is 9.62 Å². The maximum absolute atomic E-state index is 12.7. The topological polar surface area (TPSA) is 75.7 Å². The lowest BCUT2D eigenvalue weighted by Gasteiger charge is -2.30. The summed E-state index contributed by atoms with van der Waals surface area (Å²) in [6.07, 6.45) is 2.60. The zero-order chi connectivity index (χ0) is 17.7. The van der Waals surface area contributed by atoms with Gasteiger partial charge >= 0.3 is 0 Å². The summed E-state index contributed by atoms with van der Waals surface area (Å²) in [6, 6.07) is 4.40. The van der Waals surface area contributed by atoms with Gasteiger partial charge in [-0.3, -0.25) is 4.79 Å². The molecule has 0 aromatic heterocycles. The number of hydrogen-bond donors (Lipinski definition) is 1. The van der Waals surface area contributed by atoms with Crippen LogP contribution in [-0.4, -0.2) is 45.4 Å². The zero-order valence-electron chi connectivity index (χ0n) is 13.5. The lowest BCUT2D eigenvalue weighted by Crippen LogP contribution is -2.43. The van der Waals surface area contributed by atoms with Gasteiger partial charge in [0, 0.05) is 25.6 Å². The zero-order valence-corrected chi connectivity index (χ0v) is 15.1. The highest BCUT2D eigenvalue weighted by Gasteiger charge is 2.32. The lowest BCUT2D eigenvalue weighted by atomic mass is 9.97. The minimum atomic E-state index is -3.63. The SMILES string of the molecule is C=CCNC(=O)C1CCN(S(=O)(=O)c2ccc(OC)c(Cl)c2)CC1. The molecular weight excluding hydrogens is 352 g/mol. The van der Waals surface area contributed by atoms with E-state index in [2.05, 4.69) is 11.9 Å². The molecule has 0 radical (unpaired) electrons. The molecule has 0 unspecified atom stereocenters. The fraction of sp³-hybridized carbons (Fsp3) is 0.438. The molecule has 1 saturated heterocycles. The van der Waals surface area contributed by atoms with Gasteiger partial charge in [-0.1, -0.05) is 17.7 Å². The highest BCUT2D eigenvalue weighted by Crippen LogP contribution is 2.30. The largest absolute Gasteiger partial charge is 0.495 e. The minimum absolute atomic E-state index is 0.0561. The summed E-state index contributed by atoms with van der Waals surface area (Å²) >= 11 is 6.02. The molecule has 0 saturated carbocycles. The average Bonchev–Trinajstić information content (AvgIpc) is 2.59. The number of ether oxygens (including phenoxy) is 1. The van der Waals surface area contributed by atoms with Crippen LogP contribution in [0, 0.1) is 5.92 Å². The Labute approximate surface area is 147 Å². The Hall–Kier alpha value is -1.57. The van der Waals surface area contributed by atoms with E-state index in [-0.39, 0.29) is 21.7 Å². The van der Waals surface area contributed by atoms with Gasteiger partial charge in [0.15, 0.2) is 0 Å². The number of benzene rings is 1. The summed E-state index contributed by atoms with van der Waals surface area (Å²) in [7, 11) is -2.16. The van der Waals surface area contributed by atoms with Gasteiger partial charge in [-0.15, -0.1) is 6.58 Å². The second-order valence-corrected chi connectivity index (χ2v) is 7.85. The predicted octanol–water partition coefficient (Wildman–Crippen LogP) is 2.05. The third kappa shape index (κ3) is 4.09. The highest BCUT2D eigenvalue weighted by atomic mass is 35.5. The van der Waals surface area contributed by atoms with Gasteiger partial charge in [-0.05, 0) is 31.0 Å². The Morgan fingerprint density at radius 2 is 2.12 bits per heavy atom. The number of halogens is 1. The van der Waals surface area contributed by atoms with Crippen LogP contribution in [0.2, 0.25) is 5.02 Å². The van der Waals surface area contributed by atoms with Crippen LogP contribution in [0.5, 0.6) is 5.75 Å². The van der Waals surface area contributed by atoms with E-state index in [1.807, 2.05) is 0 Å². The van der Waals surface area contributed by atoms with E-state index in [1.165, 1.54) is 29.6 Å². The molecule has 1 aliphatic rings. The molecule has 0 spiro atoms. The van der Waals surface area contributed by atoms with E-state index in [1.54, 1.807) is 6.08 Å². The number of methoxy groups -OCH3 is 1. The van der Waals surface area contributed by atoms with Crippen molar-refractivity contribution in [3.63, 3.8) is 0 Å². The van der Waals surface area contributed by atoms with Crippen molar-refractivity contribution in [3.05, 3.63) is 35.9 Å². The third-order valence-corrected chi connectivity index (χ3v) is 6.20. The van der Waals surface area contributed by atoms with Crippen LogP contribution in [0.4, 0.5) is 0 Å². The van der Waals surface area contributed by atoms with Gasteiger partial charge in [0.05, 0.1) is 17.0 Å². The number of sulfonamides is 1. The highest BCUT2D eigenvalue weighted by molar-refractivity contribution is 7.89. The Morgan fingerprint density at radius 1 is 1.46 bits per heavy atom. The van der Waals surface area contributed by atoms with Crippen LogP contribution in [0.25, 0.3) is 0 Å². The van der Waals surface area contributed by atoms with E-state index in [0.717, 1.165) is 0 Å². The van der Waals surface area contributed by atoms with Gasteiger partial charge in [0.2, 0.25) is 15.9 Å². The Balaban J connectivity index is 2.06. The molecule has 1 N–H and O–H groups in total. The maximum Gasteiger partial charge on any atom is 0.243 e.